The zero-order chi connectivity index (χ0) is 10.3. The molecule has 3 nitrogen and oxygen atoms in total. The van der Waals surface area contributed by atoms with Crippen molar-refractivity contribution in [1.29, 1.82) is 0 Å². The Balaban J connectivity index is 4.18. The van der Waals surface area contributed by atoms with E-state index in [2.05, 4.69) is 13.8 Å². The van der Waals surface area contributed by atoms with Gasteiger partial charge in [0, 0.05) is 19.1 Å². The van der Waals surface area contributed by atoms with E-state index >= 15 is 0 Å². The normalized spacial score (nSPS) is 14.5. The van der Waals surface area contributed by atoms with E-state index in [0.29, 0.717) is 13.2 Å². The molecule has 2 N–H and O–H groups in total. The van der Waals surface area contributed by atoms with E-state index in [4.69, 9.17) is 15.2 Å². The summed E-state index contributed by atoms with van der Waals surface area (Å²) in [5, 5.41) is 0. The highest BCUT2D eigenvalue weighted by Crippen LogP contribution is 2.22. The van der Waals surface area contributed by atoms with E-state index in [1.807, 2.05) is 13.8 Å². The fourth-order valence-corrected chi connectivity index (χ4v) is 1.41. The van der Waals surface area contributed by atoms with Gasteiger partial charge in [-0.2, -0.15) is 0 Å². The fourth-order valence-electron chi connectivity index (χ4n) is 1.41. The Morgan fingerprint density at radius 1 is 1.15 bits per heavy atom. The molecule has 1 atom stereocenters. The molecule has 0 aliphatic carbocycles. The maximum absolute atomic E-state index is 6.00. The summed E-state index contributed by atoms with van der Waals surface area (Å²) < 4.78 is 10.9. The van der Waals surface area contributed by atoms with Crippen molar-refractivity contribution in [1.82, 2.24) is 0 Å². The van der Waals surface area contributed by atoms with Crippen molar-refractivity contribution in [2.24, 2.45) is 11.7 Å². The van der Waals surface area contributed by atoms with Crippen LogP contribution in [-0.4, -0.2) is 19.1 Å². The Labute approximate surface area is 81.6 Å². The van der Waals surface area contributed by atoms with Crippen molar-refractivity contribution >= 4 is 0 Å². The van der Waals surface area contributed by atoms with E-state index in [0.717, 1.165) is 12.8 Å². The molecule has 0 spiro atoms. The lowest BCUT2D eigenvalue weighted by Crippen LogP contribution is -2.51. The van der Waals surface area contributed by atoms with Crippen LogP contribution >= 0.6 is 0 Å². The lowest BCUT2D eigenvalue weighted by atomic mass is 10.0. The molecule has 0 aliphatic rings. The summed E-state index contributed by atoms with van der Waals surface area (Å²) in [6, 6.07) is 0. The summed E-state index contributed by atoms with van der Waals surface area (Å²) >= 11 is 0. The van der Waals surface area contributed by atoms with Crippen LogP contribution in [0, 0.1) is 5.92 Å². The SMILES string of the molecule is CCCC(C)C(N)(OCC)OCC. The van der Waals surface area contributed by atoms with Gasteiger partial charge in [0.25, 0.3) is 0 Å². The van der Waals surface area contributed by atoms with Gasteiger partial charge in [0.2, 0.25) is 5.91 Å². The predicted octanol–water partition coefficient (Wildman–Crippen LogP) is 2.11. The third-order valence-corrected chi connectivity index (χ3v) is 2.15. The van der Waals surface area contributed by atoms with Gasteiger partial charge in [-0.3, -0.25) is 5.73 Å². The minimum Gasteiger partial charge on any atom is -0.338 e. The molecule has 0 saturated heterocycles. The molecule has 0 amide bonds. The number of hydrogen-bond acceptors (Lipinski definition) is 3. The molecule has 80 valence electrons. The van der Waals surface area contributed by atoms with Crippen molar-refractivity contribution in [2.45, 2.75) is 46.4 Å². The molecule has 1 unspecified atom stereocenters. The monoisotopic (exact) mass is 189 g/mol. The van der Waals surface area contributed by atoms with Crippen molar-refractivity contribution in [3.8, 4) is 0 Å². The summed E-state index contributed by atoms with van der Waals surface area (Å²) in [6.07, 6.45) is 2.12. The topological polar surface area (TPSA) is 44.5 Å². The first-order valence-corrected chi connectivity index (χ1v) is 5.17. The van der Waals surface area contributed by atoms with E-state index in [1.165, 1.54) is 0 Å². The molecule has 0 saturated carbocycles. The van der Waals surface area contributed by atoms with Crippen LogP contribution in [0.15, 0.2) is 0 Å². The molecular formula is C10H23NO2. The van der Waals surface area contributed by atoms with E-state index < -0.39 is 5.91 Å². The lowest BCUT2D eigenvalue weighted by molar-refractivity contribution is -0.258. The van der Waals surface area contributed by atoms with Crippen LogP contribution in [0.1, 0.15) is 40.5 Å². The minimum absolute atomic E-state index is 0.234. The van der Waals surface area contributed by atoms with Crippen LogP contribution in [-0.2, 0) is 9.47 Å². The quantitative estimate of drug-likeness (QED) is 0.624. The highest BCUT2D eigenvalue weighted by Gasteiger charge is 2.32. The number of ether oxygens (including phenoxy) is 2. The van der Waals surface area contributed by atoms with Crippen LogP contribution in [0.25, 0.3) is 0 Å². The van der Waals surface area contributed by atoms with Crippen molar-refractivity contribution in [3.05, 3.63) is 0 Å². The zero-order valence-corrected chi connectivity index (χ0v) is 9.30. The summed E-state index contributed by atoms with van der Waals surface area (Å²) in [6.45, 7) is 9.23. The number of rotatable bonds is 7. The molecule has 13 heavy (non-hydrogen) atoms. The van der Waals surface area contributed by atoms with Crippen molar-refractivity contribution in [3.63, 3.8) is 0 Å². The van der Waals surface area contributed by atoms with Crippen LogP contribution in [0.2, 0.25) is 0 Å². The highest BCUT2D eigenvalue weighted by molar-refractivity contribution is 4.69. The van der Waals surface area contributed by atoms with Gasteiger partial charge in [0.05, 0.1) is 0 Å². The van der Waals surface area contributed by atoms with E-state index in [-0.39, 0.29) is 5.92 Å². The molecular weight excluding hydrogens is 166 g/mol. The molecule has 0 heterocycles. The Bertz CT molecular complexity index is 122. The smallest absolute Gasteiger partial charge is 0.227 e. The van der Waals surface area contributed by atoms with Gasteiger partial charge >= 0.3 is 0 Å². The minimum atomic E-state index is -0.889. The van der Waals surface area contributed by atoms with Crippen molar-refractivity contribution in [2.75, 3.05) is 13.2 Å². The fraction of sp³-hybridized carbons (Fsp3) is 1.00. The lowest BCUT2D eigenvalue weighted by Gasteiger charge is -2.34. The maximum atomic E-state index is 6.00. The average Bonchev–Trinajstić information content (AvgIpc) is 2.05. The molecule has 0 aromatic carbocycles. The second-order valence-electron chi connectivity index (χ2n) is 3.28. The Morgan fingerprint density at radius 2 is 1.62 bits per heavy atom. The van der Waals surface area contributed by atoms with Gasteiger partial charge in [-0.25, -0.2) is 0 Å². The molecule has 3 heteroatoms. The molecule has 0 bridgehead atoms. The van der Waals surface area contributed by atoms with Gasteiger partial charge in [0.1, 0.15) is 0 Å². The highest BCUT2D eigenvalue weighted by atomic mass is 16.7. The Kier molecular flexibility index (Phi) is 6.29. The first kappa shape index (κ1) is 12.9. The van der Waals surface area contributed by atoms with E-state index in [9.17, 15) is 0 Å². The first-order valence-electron chi connectivity index (χ1n) is 5.17. The predicted molar refractivity (Wildman–Crippen MR) is 54.2 cm³/mol. The molecule has 0 fully saturated rings. The van der Waals surface area contributed by atoms with Gasteiger partial charge in [-0.1, -0.05) is 20.3 Å². The third kappa shape index (κ3) is 4.07. The summed E-state index contributed by atoms with van der Waals surface area (Å²) in [7, 11) is 0. The number of nitrogens with two attached hydrogens (primary N) is 1. The van der Waals surface area contributed by atoms with Crippen molar-refractivity contribution < 1.29 is 9.47 Å². The summed E-state index contributed by atoms with van der Waals surface area (Å²) in [5.41, 5.74) is 6.00. The Morgan fingerprint density at radius 3 is 1.92 bits per heavy atom. The maximum Gasteiger partial charge on any atom is 0.227 e. The molecule has 0 aliphatic heterocycles. The number of hydrogen-bond donors (Lipinski definition) is 1. The van der Waals surface area contributed by atoms with Crippen LogP contribution < -0.4 is 5.73 Å². The van der Waals surface area contributed by atoms with E-state index in [1.54, 1.807) is 0 Å². The van der Waals surface area contributed by atoms with Gasteiger partial charge in [0.15, 0.2) is 0 Å². The molecule has 0 aromatic rings. The van der Waals surface area contributed by atoms with Crippen LogP contribution in [0.5, 0.6) is 0 Å². The standard InChI is InChI=1S/C10H23NO2/c1-5-8-9(4)10(11,12-6-2)13-7-3/h9H,5-8,11H2,1-4H3. The molecule has 0 rings (SSSR count). The first-order chi connectivity index (χ1) is 6.10. The zero-order valence-electron chi connectivity index (χ0n) is 9.30. The second kappa shape index (κ2) is 6.35. The Hall–Kier alpha value is -0.120. The average molecular weight is 189 g/mol. The van der Waals surface area contributed by atoms with Crippen LogP contribution in [0.4, 0.5) is 0 Å². The summed E-state index contributed by atoms with van der Waals surface area (Å²) in [4.78, 5) is 0. The molecule has 0 radical (unpaired) electrons. The largest absolute Gasteiger partial charge is 0.338 e. The van der Waals surface area contributed by atoms with Crippen LogP contribution in [0.3, 0.4) is 0 Å². The third-order valence-electron chi connectivity index (χ3n) is 2.15. The second-order valence-corrected chi connectivity index (χ2v) is 3.28. The van der Waals surface area contributed by atoms with Gasteiger partial charge in [-0.15, -0.1) is 0 Å². The molecule has 0 aromatic heterocycles. The van der Waals surface area contributed by atoms with Gasteiger partial charge in [-0.05, 0) is 20.3 Å². The van der Waals surface area contributed by atoms with Gasteiger partial charge < -0.3 is 9.47 Å². The summed E-state index contributed by atoms with van der Waals surface area (Å²) in [5.74, 6) is -0.656.